The molecule has 2 N–H and O–H groups in total. The number of carboxylic acids is 1. The summed E-state index contributed by atoms with van der Waals surface area (Å²) in [5.41, 5.74) is -0.0883. The number of nitrogens with one attached hydrogen (secondary N) is 1. The van der Waals surface area contributed by atoms with E-state index >= 15 is 0 Å². The number of rotatable bonds is 5. The first-order valence-electron chi connectivity index (χ1n) is 4.67. The zero-order valence-electron chi connectivity index (χ0n) is 9.14. The highest BCUT2D eigenvalue weighted by Crippen LogP contribution is 2.20. The van der Waals surface area contributed by atoms with E-state index in [1.165, 1.54) is 0 Å². The van der Waals surface area contributed by atoms with Gasteiger partial charge in [0.2, 0.25) is 0 Å². The van der Waals surface area contributed by atoms with Crippen LogP contribution in [0.3, 0.4) is 0 Å². The van der Waals surface area contributed by atoms with Gasteiger partial charge in [-0.2, -0.15) is 0 Å². The first kappa shape index (κ1) is 12.6. The standard InChI is InChI=1S/C10H11N3O4/c1-6(2)4-11-9-3-7(10(14)15)8(5-12-9)13(16)17/h3,5H,1,4H2,2H3,(H,11,12)(H,14,15). The van der Waals surface area contributed by atoms with Gasteiger partial charge in [0, 0.05) is 12.6 Å². The maximum absolute atomic E-state index is 10.8. The Balaban J connectivity index is 3.05. The fourth-order valence-electron chi connectivity index (χ4n) is 1.10. The number of carboxylic acid groups (broad SMARTS) is 1. The van der Waals surface area contributed by atoms with E-state index in [9.17, 15) is 14.9 Å². The highest BCUT2D eigenvalue weighted by atomic mass is 16.6. The number of hydrogen-bond donors (Lipinski definition) is 2. The molecular formula is C10H11N3O4. The van der Waals surface area contributed by atoms with Gasteiger partial charge in [0.15, 0.2) is 0 Å². The van der Waals surface area contributed by atoms with Gasteiger partial charge in [0.05, 0.1) is 4.92 Å². The number of carbonyl (C=O) groups is 1. The van der Waals surface area contributed by atoms with E-state index in [2.05, 4.69) is 16.9 Å². The van der Waals surface area contributed by atoms with Crippen molar-refractivity contribution in [2.24, 2.45) is 0 Å². The summed E-state index contributed by atoms with van der Waals surface area (Å²) < 4.78 is 0. The minimum Gasteiger partial charge on any atom is -0.477 e. The van der Waals surface area contributed by atoms with Crippen molar-refractivity contribution in [3.63, 3.8) is 0 Å². The fraction of sp³-hybridized carbons (Fsp3) is 0.200. The topological polar surface area (TPSA) is 105 Å². The predicted octanol–water partition coefficient (Wildman–Crippen LogP) is 1.68. The Labute approximate surface area is 96.9 Å². The summed E-state index contributed by atoms with van der Waals surface area (Å²) in [5.74, 6) is -1.10. The van der Waals surface area contributed by atoms with Crippen molar-refractivity contribution in [3.8, 4) is 0 Å². The van der Waals surface area contributed by atoms with Crippen LogP contribution in [0.15, 0.2) is 24.4 Å². The van der Waals surface area contributed by atoms with E-state index in [4.69, 9.17) is 5.11 Å². The molecule has 0 saturated heterocycles. The minimum absolute atomic E-state index is 0.260. The number of aromatic nitrogens is 1. The molecule has 0 aromatic carbocycles. The molecule has 7 nitrogen and oxygen atoms in total. The molecule has 17 heavy (non-hydrogen) atoms. The number of hydrogen-bond acceptors (Lipinski definition) is 5. The van der Waals surface area contributed by atoms with E-state index in [0.29, 0.717) is 6.54 Å². The van der Waals surface area contributed by atoms with Crippen molar-refractivity contribution in [3.05, 3.63) is 40.1 Å². The predicted molar refractivity (Wildman–Crippen MR) is 61.2 cm³/mol. The average molecular weight is 237 g/mol. The average Bonchev–Trinajstić information content (AvgIpc) is 2.25. The van der Waals surface area contributed by atoms with Crippen molar-refractivity contribution >= 4 is 17.5 Å². The summed E-state index contributed by atoms with van der Waals surface area (Å²) in [6.07, 6.45) is 0.921. The van der Waals surface area contributed by atoms with Gasteiger partial charge >= 0.3 is 11.7 Å². The van der Waals surface area contributed by atoms with Crippen LogP contribution in [0.1, 0.15) is 17.3 Å². The summed E-state index contributed by atoms with van der Waals surface area (Å²) >= 11 is 0. The lowest BCUT2D eigenvalue weighted by molar-refractivity contribution is -0.385. The second-order valence-corrected chi connectivity index (χ2v) is 3.46. The lowest BCUT2D eigenvalue weighted by Crippen LogP contribution is -2.08. The largest absolute Gasteiger partial charge is 0.477 e. The zero-order valence-corrected chi connectivity index (χ0v) is 9.14. The maximum Gasteiger partial charge on any atom is 0.342 e. The SMILES string of the molecule is C=C(C)CNc1cc(C(=O)O)c([N+](=O)[O-])cn1. The molecule has 0 fully saturated rings. The Morgan fingerprint density at radius 3 is 2.82 bits per heavy atom. The van der Waals surface area contributed by atoms with E-state index in [1.807, 2.05) is 0 Å². The number of pyridine rings is 1. The Morgan fingerprint density at radius 2 is 2.35 bits per heavy atom. The Kier molecular flexibility index (Phi) is 3.76. The molecule has 90 valence electrons. The summed E-state index contributed by atoms with van der Waals surface area (Å²) in [5, 5.41) is 22.2. The van der Waals surface area contributed by atoms with Gasteiger partial charge in [0.25, 0.3) is 0 Å². The lowest BCUT2D eigenvalue weighted by atomic mass is 10.2. The molecule has 0 aliphatic rings. The van der Waals surface area contributed by atoms with E-state index in [-0.39, 0.29) is 5.82 Å². The first-order valence-corrected chi connectivity index (χ1v) is 4.67. The van der Waals surface area contributed by atoms with Crippen molar-refractivity contribution in [1.82, 2.24) is 4.98 Å². The van der Waals surface area contributed by atoms with Gasteiger partial charge in [0.1, 0.15) is 17.6 Å². The number of nitro groups is 1. The van der Waals surface area contributed by atoms with Crippen molar-refractivity contribution in [2.45, 2.75) is 6.92 Å². The van der Waals surface area contributed by atoms with Gasteiger partial charge in [-0.1, -0.05) is 12.2 Å². The quantitative estimate of drug-likeness (QED) is 0.458. The Morgan fingerprint density at radius 1 is 1.71 bits per heavy atom. The highest BCUT2D eigenvalue weighted by Gasteiger charge is 2.20. The monoisotopic (exact) mass is 237 g/mol. The molecule has 1 aromatic heterocycles. The van der Waals surface area contributed by atoms with Crippen molar-refractivity contribution in [1.29, 1.82) is 0 Å². The lowest BCUT2D eigenvalue weighted by Gasteiger charge is -2.05. The normalized spacial score (nSPS) is 9.71. The summed E-state index contributed by atoms with van der Waals surface area (Å²) in [7, 11) is 0. The maximum atomic E-state index is 10.8. The first-order chi connectivity index (χ1) is 7.91. The van der Waals surface area contributed by atoms with E-state index in [0.717, 1.165) is 17.8 Å². The van der Waals surface area contributed by atoms with Crippen LogP contribution in [0.25, 0.3) is 0 Å². The molecule has 1 rings (SSSR count). The highest BCUT2D eigenvalue weighted by molar-refractivity contribution is 5.93. The van der Waals surface area contributed by atoms with E-state index in [1.54, 1.807) is 6.92 Å². The third-order valence-electron chi connectivity index (χ3n) is 1.88. The minimum atomic E-state index is -1.36. The third kappa shape index (κ3) is 3.26. The summed E-state index contributed by atoms with van der Waals surface area (Å²) in [4.78, 5) is 24.4. The molecule has 1 heterocycles. The molecule has 0 bridgehead atoms. The van der Waals surface area contributed by atoms with Crippen LogP contribution in [-0.4, -0.2) is 27.5 Å². The molecule has 0 radical (unpaired) electrons. The van der Waals surface area contributed by atoms with Crippen LogP contribution < -0.4 is 5.32 Å². The van der Waals surface area contributed by atoms with Crippen LogP contribution in [0.2, 0.25) is 0 Å². The third-order valence-corrected chi connectivity index (χ3v) is 1.88. The number of aromatic carboxylic acids is 1. The van der Waals surface area contributed by atoms with Gasteiger partial charge < -0.3 is 10.4 Å². The second-order valence-electron chi connectivity index (χ2n) is 3.46. The molecule has 0 spiro atoms. The molecule has 0 unspecified atom stereocenters. The van der Waals surface area contributed by atoms with Gasteiger partial charge in [-0.05, 0) is 6.92 Å². The van der Waals surface area contributed by atoms with E-state index < -0.39 is 22.1 Å². The van der Waals surface area contributed by atoms with Crippen molar-refractivity contribution < 1.29 is 14.8 Å². The molecule has 7 heteroatoms. The molecule has 0 aliphatic carbocycles. The Hall–Kier alpha value is -2.44. The molecule has 1 aromatic rings. The van der Waals surface area contributed by atoms with Crippen LogP contribution in [0.5, 0.6) is 0 Å². The van der Waals surface area contributed by atoms with Crippen molar-refractivity contribution in [2.75, 3.05) is 11.9 Å². The van der Waals surface area contributed by atoms with Crippen LogP contribution in [0.4, 0.5) is 11.5 Å². The van der Waals surface area contributed by atoms with Crippen LogP contribution in [0, 0.1) is 10.1 Å². The zero-order chi connectivity index (χ0) is 13.0. The fourth-order valence-corrected chi connectivity index (χ4v) is 1.10. The molecule has 0 aliphatic heterocycles. The molecule has 0 atom stereocenters. The second kappa shape index (κ2) is 5.06. The van der Waals surface area contributed by atoms with Gasteiger partial charge in [-0.15, -0.1) is 0 Å². The molecular weight excluding hydrogens is 226 g/mol. The Bertz CT molecular complexity index is 484. The number of anilines is 1. The summed E-state index contributed by atoms with van der Waals surface area (Å²) in [6.45, 7) is 5.87. The molecule has 0 saturated carbocycles. The summed E-state index contributed by atoms with van der Waals surface area (Å²) in [6, 6.07) is 1.13. The van der Waals surface area contributed by atoms with Gasteiger partial charge in [-0.3, -0.25) is 10.1 Å². The number of nitrogens with zero attached hydrogens (tertiary/aromatic N) is 2. The molecule has 0 amide bonds. The van der Waals surface area contributed by atoms with Gasteiger partial charge in [-0.25, -0.2) is 9.78 Å². The van der Waals surface area contributed by atoms with Crippen LogP contribution >= 0.6 is 0 Å². The smallest absolute Gasteiger partial charge is 0.342 e. The van der Waals surface area contributed by atoms with Crippen LogP contribution in [-0.2, 0) is 0 Å².